The SMILES string of the molecule is CC(C)[C@H]1CC[C@@H](C)C[C@@H]1OC(=O)NN. The second-order valence-electron chi connectivity index (χ2n) is 4.91. The predicted octanol–water partition coefficient (Wildman–Crippen LogP) is 2.05. The number of nitrogens with two attached hydrogens (primary N) is 1. The molecule has 1 aliphatic carbocycles. The first-order valence-corrected chi connectivity index (χ1v) is 5.71. The number of nitrogens with one attached hydrogen (secondary N) is 1. The van der Waals surface area contributed by atoms with Gasteiger partial charge in [-0.15, -0.1) is 0 Å². The maximum atomic E-state index is 11.1. The summed E-state index contributed by atoms with van der Waals surface area (Å²) in [5, 5.41) is 0. The lowest BCUT2D eigenvalue weighted by Crippen LogP contribution is -2.40. The van der Waals surface area contributed by atoms with Crippen LogP contribution >= 0.6 is 0 Å². The van der Waals surface area contributed by atoms with Crippen LogP contribution in [-0.4, -0.2) is 12.2 Å². The van der Waals surface area contributed by atoms with E-state index in [1.807, 2.05) is 5.43 Å². The summed E-state index contributed by atoms with van der Waals surface area (Å²) in [6, 6.07) is 0. The second-order valence-corrected chi connectivity index (χ2v) is 4.91. The van der Waals surface area contributed by atoms with Crippen molar-refractivity contribution in [1.82, 2.24) is 5.43 Å². The van der Waals surface area contributed by atoms with Crippen molar-refractivity contribution in [3.63, 3.8) is 0 Å². The molecule has 1 rings (SSSR count). The van der Waals surface area contributed by atoms with Crippen LogP contribution in [0.5, 0.6) is 0 Å². The summed E-state index contributed by atoms with van der Waals surface area (Å²) in [6.07, 6.45) is 2.84. The number of hydrogen-bond acceptors (Lipinski definition) is 3. The summed E-state index contributed by atoms with van der Waals surface area (Å²) in [5.74, 6) is 6.68. The lowest BCUT2D eigenvalue weighted by atomic mass is 9.75. The van der Waals surface area contributed by atoms with Crippen LogP contribution in [0.3, 0.4) is 0 Å². The van der Waals surface area contributed by atoms with E-state index >= 15 is 0 Å². The molecule has 0 heterocycles. The molecule has 1 amide bonds. The van der Waals surface area contributed by atoms with Gasteiger partial charge in [0.2, 0.25) is 0 Å². The van der Waals surface area contributed by atoms with Gasteiger partial charge in [0.15, 0.2) is 0 Å². The Kier molecular flexibility index (Phi) is 4.39. The van der Waals surface area contributed by atoms with E-state index in [1.165, 1.54) is 6.42 Å². The largest absolute Gasteiger partial charge is 0.445 e. The minimum Gasteiger partial charge on any atom is -0.445 e. The van der Waals surface area contributed by atoms with Crippen molar-refractivity contribution in [3.05, 3.63) is 0 Å². The first-order valence-electron chi connectivity index (χ1n) is 5.71. The van der Waals surface area contributed by atoms with Crippen LogP contribution in [-0.2, 0) is 4.74 Å². The Balaban J connectivity index is 2.57. The van der Waals surface area contributed by atoms with Gasteiger partial charge >= 0.3 is 6.09 Å². The maximum absolute atomic E-state index is 11.1. The van der Waals surface area contributed by atoms with Gasteiger partial charge < -0.3 is 4.74 Å². The number of ether oxygens (including phenoxy) is 1. The third kappa shape index (κ3) is 3.38. The molecule has 1 fully saturated rings. The predicted molar refractivity (Wildman–Crippen MR) is 58.9 cm³/mol. The van der Waals surface area contributed by atoms with Crippen LogP contribution in [0.4, 0.5) is 4.79 Å². The van der Waals surface area contributed by atoms with Gasteiger partial charge in [-0.3, -0.25) is 5.43 Å². The number of rotatable bonds is 2. The molecule has 0 aliphatic heterocycles. The Hall–Kier alpha value is -0.770. The van der Waals surface area contributed by atoms with Crippen molar-refractivity contribution >= 4 is 6.09 Å². The first-order chi connectivity index (χ1) is 7.04. The van der Waals surface area contributed by atoms with Crippen molar-refractivity contribution in [1.29, 1.82) is 0 Å². The summed E-state index contributed by atoms with van der Waals surface area (Å²) < 4.78 is 5.31. The molecule has 3 N–H and O–H groups in total. The first kappa shape index (κ1) is 12.3. The summed E-state index contributed by atoms with van der Waals surface area (Å²) in [4.78, 5) is 11.1. The molecule has 4 heteroatoms. The number of hydrazine groups is 1. The molecule has 0 saturated heterocycles. The fourth-order valence-electron chi connectivity index (χ4n) is 2.42. The fraction of sp³-hybridized carbons (Fsp3) is 0.909. The Labute approximate surface area is 91.5 Å². The maximum Gasteiger partial charge on any atom is 0.421 e. The van der Waals surface area contributed by atoms with Crippen molar-refractivity contribution in [2.45, 2.75) is 46.1 Å². The molecule has 0 radical (unpaired) electrons. The summed E-state index contributed by atoms with van der Waals surface area (Å²) >= 11 is 0. The normalized spacial score (nSPS) is 31.4. The van der Waals surface area contributed by atoms with Crippen molar-refractivity contribution in [2.75, 3.05) is 0 Å². The van der Waals surface area contributed by atoms with Gasteiger partial charge in [0, 0.05) is 0 Å². The lowest BCUT2D eigenvalue weighted by molar-refractivity contribution is 0.00622. The summed E-state index contributed by atoms with van der Waals surface area (Å²) in [5.41, 5.74) is 2.03. The van der Waals surface area contributed by atoms with Crippen molar-refractivity contribution < 1.29 is 9.53 Å². The number of hydrogen-bond donors (Lipinski definition) is 2. The van der Waals surface area contributed by atoms with Gasteiger partial charge in [-0.25, -0.2) is 10.6 Å². The lowest BCUT2D eigenvalue weighted by Gasteiger charge is -2.36. The average molecular weight is 214 g/mol. The number of carbonyl (C=O) groups is 1. The van der Waals surface area contributed by atoms with Gasteiger partial charge in [0.1, 0.15) is 6.10 Å². The molecule has 0 aromatic carbocycles. The fourth-order valence-corrected chi connectivity index (χ4v) is 2.42. The van der Waals surface area contributed by atoms with E-state index in [4.69, 9.17) is 10.6 Å². The highest BCUT2D eigenvalue weighted by molar-refractivity contribution is 5.66. The van der Waals surface area contributed by atoms with Crippen LogP contribution in [0.2, 0.25) is 0 Å². The van der Waals surface area contributed by atoms with E-state index in [-0.39, 0.29) is 6.10 Å². The smallest absolute Gasteiger partial charge is 0.421 e. The molecular formula is C11H22N2O2. The van der Waals surface area contributed by atoms with E-state index in [0.29, 0.717) is 17.8 Å². The van der Waals surface area contributed by atoms with E-state index in [2.05, 4.69) is 20.8 Å². The Morgan fingerprint density at radius 3 is 2.67 bits per heavy atom. The van der Waals surface area contributed by atoms with E-state index in [0.717, 1.165) is 12.8 Å². The Morgan fingerprint density at radius 1 is 1.47 bits per heavy atom. The molecule has 1 aliphatic rings. The van der Waals surface area contributed by atoms with Crippen molar-refractivity contribution in [2.24, 2.45) is 23.6 Å². The van der Waals surface area contributed by atoms with E-state index in [9.17, 15) is 4.79 Å². The molecular weight excluding hydrogens is 192 g/mol. The molecule has 0 aromatic heterocycles. The monoisotopic (exact) mass is 214 g/mol. The summed E-state index contributed by atoms with van der Waals surface area (Å²) in [7, 11) is 0. The minimum atomic E-state index is -0.514. The standard InChI is InChI=1S/C11H22N2O2/c1-7(2)9-5-4-8(3)6-10(9)15-11(14)13-12/h7-10H,4-6,12H2,1-3H3,(H,13,14)/t8-,9-,10+/m1/s1. The van der Waals surface area contributed by atoms with Crippen LogP contribution in [0.1, 0.15) is 40.0 Å². The zero-order valence-corrected chi connectivity index (χ0v) is 9.82. The number of amides is 1. The Bertz CT molecular complexity index is 219. The summed E-state index contributed by atoms with van der Waals surface area (Å²) in [6.45, 7) is 6.56. The molecule has 88 valence electrons. The van der Waals surface area contributed by atoms with E-state index in [1.54, 1.807) is 0 Å². The topological polar surface area (TPSA) is 64.3 Å². The zero-order valence-electron chi connectivity index (χ0n) is 9.82. The average Bonchev–Trinajstić information content (AvgIpc) is 2.17. The second kappa shape index (κ2) is 5.35. The van der Waals surface area contributed by atoms with Gasteiger partial charge in [0.05, 0.1) is 0 Å². The van der Waals surface area contributed by atoms with E-state index < -0.39 is 6.09 Å². The van der Waals surface area contributed by atoms with Gasteiger partial charge in [0.25, 0.3) is 0 Å². The highest BCUT2D eigenvalue weighted by Crippen LogP contribution is 2.35. The van der Waals surface area contributed by atoms with Gasteiger partial charge in [-0.05, 0) is 30.6 Å². The number of carbonyl (C=O) groups excluding carboxylic acids is 1. The molecule has 0 bridgehead atoms. The van der Waals surface area contributed by atoms with Crippen LogP contribution in [0.25, 0.3) is 0 Å². The molecule has 0 unspecified atom stereocenters. The third-order valence-electron chi connectivity index (χ3n) is 3.34. The van der Waals surface area contributed by atoms with Crippen LogP contribution < -0.4 is 11.3 Å². The highest BCUT2D eigenvalue weighted by Gasteiger charge is 2.33. The minimum absolute atomic E-state index is 0.0253. The van der Waals surface area contributed by atoms with Gasteiger partial charge in [-0.1, -0.05) is 27.2 Å². The molecule has 15 heavy (non-hydrogen) atoms. The highest BCUT2D eigenvalue weighted by atomic mass is 16.6. The van der Waals surface area contributed by atoms with Crippen LogP contribution in [0.15, 0.2) is 0 Å². The molecule has 0 aromatic rings. The quantitative estimate of drug-likeness (QED) is 0.420. The Morgan fingerprint density at radius 2 is 2.13 bits per heavy atom. The molecule has 4 nitrogen and oxygen atoms in total. The molecule has 1 saturated carbocycles. The van der Waals surface area contributed by atoms with Crippen molar-refractivity contribution in [3.8, 4) is 0 Å². The van der Waals surface area contributed by atoms with Gasteiger partial charge in [-0.2, -0.15) is 0 Å². The molecule has 3 atom stereocenters. The zero-order chi connectivity index (χ0) is 11.4. The third-order valence-corrected chi connectivity index (χ3v) is 3.34. The molecule has 0 spiro atoms. The van der Waals surface area contributed by atoms with Crippen LogP contribution in [0, 0.1) is 17.8 Å².